The first-order valence-electron chi connectivity index (χ1n) is 7.92. The van der Waals surface area contributed by atoms with E-state index in [1.165, 1.54) is 4.90 Å². The van der Waals surface area contributed by atoms with Crippen LogP contribution in [0.3, 0.4) is 0 Å². The maximum atomic E-state index is 12.7. The summed E-state index contributed by atoms with van der Waals surface area (Å²) in [5.41, 5.74) is -0.280. The first-order chi connectivity index (χ1) is 10.4. The Balaban J connectivity index is 1.69. The van der Waals surface area contributed by atoms with E-state index in [1.54, 1.807) is 11.7 Å². The number of nitrogens with zero attached hydrogens (tertiary/aromatic N) is 3. The van der Waals surface area contributed by atoms with Gasteiger partial charge in [0, 0.05) is 19.8 Å². The topological polar surface area (TPSA) is 75.4 Å². The molecule has 0 unspecified atom stereocenters. The van der Waals surface area contributed by atoms with E-state index in [1.807, 2.05) is 19.2 Å². The van der Waals surface area contributed by atoms with E-state index in [9.17, 15) is 14.7 Å². The van der Waals surface area contributed by atoms with Gasteiger partial charge in [-0.3, -0.25) is 14.3 Å². The lowest BCUT2D eigenvalue weighted by Gasteiger charge is -2.58. The number of carboxylic acids is 1. The average molecular weight is 305 g/mol. The van der Waals surface area contributed by atoms with E-state index >= 15 is 0 Å². The Morgan fingerprint density at radius 2 is 2.09 bits per heavy atom. The predicted molar refractivity (Wildman–Crippen MR) is 80.0 cm³/mol. The summed E-state index contributed by atoms with van der Waals surface area (Å²) in [7, 11) is 1.67. The minimum absolute atomic E-state index is 0.138. The number of amides is 1. The largest absolute Gasteiger partial charge is 0.480 e. The van der Waals surface area contributed by atoms with Crippen molar-refractivity contribution in [2.24, 2.45) is 10.8 Å². The second-order valence-corrected chi connectivity index (χ2v) is 6.92. The van der Waals surface area contributed by atoms with Gasteiger partial charge in [0.2, 0.25) is 5.91 Å². The molecule has 0 radical (unpaired) electrons. The highest BCUT2D eigenvalue weighted by Crippen LogP contribution is 2.65. The molecular formula is C16H23N3O3. The zero-order valence-electron chi connectivity index (χ0n) is 13.2. The zero-order chi connectivity index (χ0) is 16.0. The molecule has 2 aliphatic carbocycles. The molecule has 2 fully saturated rings. The third kappa shape index (κ3) is 2.21. The lowest BCUT2D eigenvalue weighted by atomic mass is 9.45. The van der Waals surface area contributed by atoms with Crippen molar-refractivity contribution in [1.29, 1.82) is 0 Å². The minimum atomic E-state index is -1.21. The molecule has 2 aliphatic rings. The van der Waals surface area contributed by atoms with E-state index in [-0.39, 0.29) is 11.3 Å². The van der Waals surface area contributed by atoms with Gasteiger partial charge in [-0.05, 0) is 44.1 Å². The average Bonchev–Trinajstić information content (AvgIpc) is 2.83. The standard InChI is InChI=1S/C16H23N3O3/c1-3-19-8-5-12(17-19)9-18(2)13(20)16(14(21)22)10-15(11-16)6-4-7-15/h5,8H,3-4,6-7,9-11H2,1-2H3,(H,21,22). The summed E-state index contributed by atoms with van der Waals surface area (Å²) >= 11 is 0. The van der Waals surface area contributed by atoms with Crippen LogP contribution < -0.4 is 0 Å². The molecule has 3 rings (SSSR count). The van der Waals surface area contributed by atoms with E-state index in [2.05, 4.69) is 5.10 Å². The zero-order valence-corrected chi connectivity index (χ0v) is 13.2. The van der Waals surface area contributed by atoms with Gasteiger partial charge in [-0.2, -0.15) is 5.10 Å². The molecular weight excluding hydrogens is 282 g/mol. The summed E-state index contributed by atoms with van der Waals surface area (Å²) < 4.78 is 1.80. The van der Waals surface area contributed by atoms with Crippen LogP contribution in [0.15, 0.2) is 12.3 Å². The maximum Gasteiger partial charge on any atom is 0.319 e. The Kier molecular flexibility index (Phi) is 3.50. The summed E-state index contributed by atoms with van der Waals surface area (Å²) in [6.07, 6.45) is 6.17. The fourth-order valence-corrected chi connectivity index (χ4v) is 4.00. The van der Waals surface area contributed by atoms with E-state index in [4.69, 9.17) is 0 Å². The van der Waals surface area contributed by atoms with Crippen molar-refractivity contribution >= 4 is 11.9 Å². The Labute approximate surface area is 130 Å². The van der Waals surface area contributed by atoms with E-state index in [0.29, 0.717) is 19.4 Å². The summed E-state index contributed by atoms with van der Waals surface area (Å²) in [6, 6.07) is 1.87. The smallest absolute Gasteiger partial charge is 0.319 e. The number of aromatic nitrogens is 2. The molecule has 1 N–H and O–H groups in total. The van der Waals surface area contributed by atoms with Gasteiger partial charge >= 0.3 is 5.97 Å². The fraction of sp³-hybridized carbons (Fsp3) is 0.688. The third-order valence-corrected chi connectivity index (χ3v) is 5.35. The molecule has 1 aromatic heterocycles. The van der Waals surface area contributed by atoms with E-state index in [0.717, 1.165) is 31.5 Å². The van der Waals surface area contributed by atoms with Gasteiger partial charge in [0.05, 0.1) is 12.2 Å². The summed E-state index contributed by atoms with van der Waals surface area (Å²) in [4.78, 5) is 25.9. The quantitative estimate of drug-likeness (QED) is 0.843. The molecule has 1 heterocycles. The molecule has 6 nitrogen and oxygen atoms in total. The third-order valence-electron chi connectivity index (χ3n) is 5.35. The van der Waals surface area contributed by atoms with Crippen molar-refractivity contribution in [2.75, 3.05) is 7.05 Å². The number of carboxylic acid groups (broad SMARTS) is 1. The maximum absolute atomic E-state index is 12.7. The van der Waals surface area contributed by atoms with Crippen LogP contribution in [0, 0.1) is 10.8 Å². The van der Waals surface area contributed by atoms with Gasteiger partial charge in [-0.15, -0.1) is 0 Å². The van der Waals surface area contributed by atoms with Crippen LogP contribution in [-0.2, 0) is 22.7 Å². The number of hydrogen-bond donors (Lipinski definition) is 1. The van der Waals surface area contributed by atoms with Gasteiger partial charge in [-0.1, -0.05) is 6.42 Å². The highest BCUT2D eigenvalue weighted by Gasteiger charge is 2.65. The molecule has 0 aliphatic heterocycles. The first-order valence-corrected chi connectivity index (χ1v) is 7.92. The molecule has 6 heteroatoms. The highest BCUT2D eigenvalue weighted by molar-refractivity contribution is 6.03. The summed E-state index contributed by atoms with van der Waals surface area (Å²) in [5, 5.41) is 13.9. The molecule has 0 bridgehead atoms. The molecule has 2 saturated carbocycles. The number of carbonyl (C=O) groups is 2. The number of hydrogen-bond acceptors (Lipinski definition) is 3. The molecule has 0 atom stereocenters. The van der Waals surface area contributed by atoms with Crippen LogP contribution in [0.5, 0.6) is 0 Å². The SMILES string of the molecule is CCn1ccc(CN(C)C(=O)C2(C(=O)O)CC3(CCC3)C2)n1. The van der Waals surface area contributed by atoms with Crippen molar-refractivity contribution < 1.29 is 14.7 Å². The van der Waals surface area contributed by atoms with Gasteiger partial charge in [-0.25, -0.2) is 0 Å². The minimum Gasteiger partial charge on any atom is -0.480 e. The second-order valence-electron chi connectivity index (χ2n) is 6.92. The Hall–Kier alpha value is -1.85. The van der Waals surface area contributed by atoms with Crippen LogP contribution in [0.4, 0.5) is 0 Å². The van der Waals surface area contributed by atoms with Crippen LogP contribution in [-0.4, -0.2) is 38.7 Å². The molecule has 1 spiro atoms. The van der Waals surface area contributed by atoms with Crippen molar-refractivity contribution in [2.45, 2.75) is 52.1 Å². The van der Waals surface area contributed by atoms with Gasteiger partial charge in [0.15, 0.2) is 0 Å². The lowest BCUT2D eigenvalue weighted by molar-refractivity contribution is -0.186. The molecule has 1 aromatic rings. The molecule has 1 amide bonds. The molecule has 0 saturated heterocycles. The second kappa shape index (κ2) is 5.11. The van der Waals surface area contributed by atoms with Crippen LogP contribution in [0.1, 0.15) is 44.7 Å². The van der Waals surface area contributed by atoms with Crippen LogP contribution >= 0.6 is 0 Å². The van der Waals surface area contributed by atoms with E-state index < -0.39 is 11.4 Å². The van der Waals surface area contributed by atoms with Crippen LogP contribution in [0.25, 0.3) is 0 Å². The highest BCUT2D eigenvalue weighted by atomic mass is 16.4. The molecule has 22 heavy (non-hydrogen) atoms. The molecule has 120 valence electrons. The lowest BCUT2D eigenvalue weighted by Crippen LogP contribution is -2.61. The Morgan fingerprint density at radius 1 is 1.41 bits per heavy atom. The van der Waals surface area contributed by atoms with Crippen molar-refractivity contribution in [3.63, 3.8) is 0 Å². The molecule has 0 aromatic carbocycles. The van der Waals surface area contributed by atoms with Gasteiger partial charge < -0.3 is 10.0 Å². The first kappa shape index (κ1) is 15.1. The van der Waals surface area contributed by atoms with Gasteiger partial charge in [0.25, 0.3) is 0 Å². The Bertz CT molecular complexity index is 596. The van der Waals surface area contributed by atoms with Crippen LogP contribution in [0.2, 0.25) is 0 Å². The normalized spacial score (nSPS) is 21.0. The predicted octanol–water partition coefficient (Wildman–Crippen LogP) is 1.90. The summed E-state index contributed by atoms with van der Waals surface area (Å²) in [6.45, 7) is 3.13. The fourth-order valence-electron chi connectivity index (χ4n) is 4.00. The van der Waals surface area contributed by atoms with Crippen molar-refractivity contribution in [3.05, 3.63) is 18.0 Å². The van der Waals surface area contributed by atoms with Crippen molar-refractivity contribution in [3.8, 4) is 0 Å². The monoisotopic (exact) mass is 305 g/mol. The number of rotatable bonds is 5. The van der Waals surface area contributed by atoms with Gasteiger partial charge in [0.1, 0.15) is 5.41 Å². The number of carbonyl (C=O) groups excluding carboxylic acids is 1. The van der Waals surface area contributed by atoms with Crippen molar-refractivity contribution in [1.82, 2.24) is 14.7 Å². The summed E-state index contributed by atoms with van der Waals surface area (Å²) in [5.74, 6) is -1.25. The number of aryl methyl sites for hydroxylation is 1. The Morgan fingerprint density at radius 3 is 2.55 bits per heavy atom. The number of aliphatic carboxylic acids is 1.